The molecule has 74 valence electrons. The van der Waals surface area contributed by atoms with Crippen molar-refractivity contribution in [2.45, 2.75) is 19.9 Å². The number of aromatic amines is 1. The Morgan fingerprint density at radius 3 is 2.86 bits per heavy atom. The third kappa shape index (κ3) is 1.42. The fraction of sp³-hybridized carbons (Fsp3) is 0.333. The largest absolute Gasteiger partial charge is 0.358 e. The van der Waals surface area contributed by atoms with Gasteiger partial charge in [-0.05, 0) is 37.9 Å². The van der Waals surface area contributed by atoms with Gasteiger partial charge in [-0.15, -0.1) is 0 Å². The summed E-state index contributed by atoms with van der Waals surface area (Å²) in [5.41, 5.74) is 3.81. The maximum atomic E-state index is 3.40. The fourth-order valence-electron chi connectivity index (χ4n) is 1.84. The molecule has 1 heterocycles. The minimum atomic E-state index is 0.386. The lowest BCUT2D eigenvalue weighted by molar-refractivity contribution is 0.656. The summed E-state index contributed by atoms with van der Waals surface area (Å²) < 4.78 is 0. The molecule has 1 aromatic heterocycles. The average molecular weight is 188 g/mol. The molecule has 2 aromatic rings. The van der Waals surface area contributed by atoms with Crippen LogP contribution in [-0.2, 0) is 0 Å². The molecule has 14 heavy (non-hydrogen) atoms. The van der Waals surface area contributed by atoms with Crippen LogP contribution in [0.2, 0.25) is 0 Å². The Kier molecular flexibility index (Phi) is 2.30. The van der Waals surface area contributed by atoms with Gasteiger partial charge in [0.1, 0.15) is 0 Å². The van der Waals surface area contributed by atoms with Gasteiger partial charge in [-0.3, -0.25) is 0 Å². The molecule has 1 aromatic carbocycles. The number of aromatic nitrogens is 1. The van der Waals surface area contributed by atoms with Gasteiger partial charge in [-0.25, -0.2) is 0 Å². The predicted molar refractivity (Wildman–Crippen MR) is 60.5 cm³/mol. The number of nitrogens with one attached hydrogen (secondary N) is 2. The molecule has 0 bridgehead atoms. The van der Waals surface area contributed by atoms with E-state index in [0.717, 1.165) is 0 Å². The van der Waals surface area contributed by atoms with Crippen LogP contribution in [0.5, 0.6) is 0 Å². The molecule has 2 N–H and O–H groups in total. The molecular formula is C12H16N2. The highest BCUT2D eigenvalue weighted by Gasteiger charge is 2.08. The van der Waals surface area contributed by atoms with Crippen LogP contribution < -0.4 is 5.32 Å². The highest BCUT2D eigenvalue weighted by Crippen LogP contribution is 2.23. The number of benzene rings is 1. The van der Waals surface area contributed by atoms with Gasteiger partial charge in [0.05, 0.1) is 5.52 Å². The second kappa shape index (κ2) is 3.46. The second-order valence-corrected chi connectivity index (χ2v) is 3.77. The van der Waals surface area contributed by atoms with Gasteiger partial charge < -0.3 is 10.3 Å². The molecule has 0 aliphatic rings. The van der Waals surface area contributed by atoms with Gasteiger partial charge in [0.2, 0.25) is 0 Å². The Hall–Kier alpha value is -1.28. The Morgan fingerprint density at radius 2 is 2.14 bits per heavy atom. The zero-order chi connectivity index (χ0) is 10.1. The van der Waals surface area contributed by atoms with Crippen LogP contribution in [-0.4, -0.2) is 12.0 Å². The van der Waals surface area contributed by atoms with Gasteiger partial charge in [0.25, 0.3) is 0 Å². The lowest BCUT2D eigenvalue weighted by Gasteiger charge is -2.11. The number of aryl methyl sites for hydroxylation is 1. The molecular weight excluding hydrogens is 172 g/mol. The summed E-state index contributed by atoms with van der Waals surface area (Å²) in [6.07, 6.45) is 0. The zero-order valence-corrected chi connectivity index (χ0v) is 8.89. The molecule has 0 fully saturated rings. The first-order valence-corrected chi connectivity index (χ1v) is 4.98. The average Bonchev–Trinajstić information content (AvgIpc) is 2.56. The lowest BCUT2D eigenvalue weighted by Crippen LogP contribution is -2.12. The van der Waals surface area contributed by atoms with Crippen LogP contribution in [0, 0.1) is 6.92 Å². The molecule has 2 rings (SSSR count). The summed E-state index contributed by atoms with van der Waals surface area (Å²) in [4.78, 5) is 3.40. The molecule has 1 atom stereocenters. The number of fused-ring (bicyclic) bond motifs is 1. The van der Waals surface area contributed by atoms with Crippen LogP contribution in [0.25, 0.3) is 10.9 Å². The smallest absolute Gasteiger partial charge is 0.0504 e. The summed E-state index contributed by atoms with van der Waals surface area (Å²) in [7, 11) is 1.99. The van der Waals surface area contributed by atoms with E-state index in [1.165, 1.54) is 22.2 Å². The number of hydrogen-bond acceptors (Lipinski definition) is 1. The summed E-state index contributed by atoms with van der Waals surface area (Å²) in [5, 5.41) is 4.56. The molecule has 0 radical (unpaired) electrons. The first kappa shape index (κ1) is 9.28. The molecule has 0 aliphatic carbocycles. The number of para-hydroxylation sites is 1. The van der Waals surface area contributed by atoms with Crippen molar-refractivity contribution in [3.63, 3.8) is 0 Å². The van der Waals surface area contributed by atoms with Crippen molar-refractivity contribution in [3.05, 3.63) is 35.5 Å². The van der Waals surface area contributed by atoms with Crippen molar-refractivity contribution in [2.24, 2.45) is 0 Å². The van der Waals surface area contributed by atoms with E-state index in [9.17, 15) is 0 Å². The standard InChI is InChI=1S/C12H16N2/c1-8-7-10-5-4-6-11(9(2)13-3)12(10)14-8/h4-7,9,13-14H,1-3H3. The molecule has 0 saturated heterocycles. The Morgan fingerprint density at radius 1 is 1.36 bits per heavy atom. The Labute approximate surface area is 84.3 Å². The van der Waals surface area contributed by atoms with Gasteiger partial charge in [0, 0.05) is 11.7 Å². The number of rotatable bonds is 2. The van der Waals surface area contributed by atoms with E-state index >= 15 is 0 Å². The predicted octanol–water partition coefficient (Wildman–Crippen LogP) is 2.76. The molecule has 0 saturated carbocycles. The summed E-state index contributed by atoms with van der Waals surface area (Å²) in [6.45, 7) is 4.26. The van der Waals surface area contributed by atoms with Crippen LogP contribution in [0.3, 0.4) is 0 Å². The number of H-pyrrole nitrogens is 1. The van der Waals surface area contributed by atoms with Crippen molar-refractivity contribution in [1.82, 2.24) is 10.3 Å². The SMILES string of the molecule is CNC(C)c1cccc2cc(C)[nH]c12. The zero-order valence-electron chi connectivity index (χ0n) is 8.89. The molecule has 1 unspecified atom stereocenters. The van der Waals surface area contributed by atoms with E-state index in [1.54, 1.807) is 0 Å². The maximum Gasteiger partial charge on any atom is 0.0504 e. The van der Waals surface area contributed by atoms with Gasteiger partial charge in [0.15, 0.2) is 0 Å². The van der Waals surface area contributed by atoms with Crippen molar-refractivity contribution >= 4 is 10.9 Å². The van der Waals surface area contributed by atoms with E-state index in [4.69, 9.17) is 0 Å². The monoisotopic (exact) mass is 188 g/mol. The maximum absolute atomic E-state index is 3.40. The van der Waals surface area contributed by atoms with Gasteiger partial charge >= 0.3 is 0 Å². The van der Waals surface area contributed by atoms with Gasteiger partial charge in [-0.2, -0.15) is 0 Å². The van der Waals surface area contributed by atoms with E-state index in [1.807, 2.05) is 7.05 Å². The van der Waals surface area contributed by atoms with Gasteiger partial charge in [-0.1, -0.05) is 18.2 Å². The second-order valence-electron chi connectivity index (χ2n) is 3.77. The minimum absolute atomic E-state index is 0.386. The van der Waals surface area contributed by atoms with E-state index < -0.39 is 0 Å². The van der Waals surface area contributed by atoms with Crippen molar-refractivity contribution in [2.75, 3.05) is 7.05 Å². The third-order valence-corrected chi connectivity index (χ3v) is 2.72. The Bertz CT molecular complexity index is 443. The van der Waals surface area contributed by atoms with E-state index in [0.29, 0.717) is 6.04 Å². The third-order valence-electron chi connectivity index (χ3n) is 2.72. The molecule has 0 amide bonds. The van der Waals surface area contributed by atoms with E-state index in [2.05, 4.69) is 48.4 Å². The van der Waals surface area contributed by atoms with Crippen molar-refractivity contribution in [3.8, 4) is 0 Å². The first-order chi connectivity index (χ1) is 6.72. The summed E-state index contributed by atoms with van der Waals surface area (Å²) in [6, 6.07) is 8.99. The summed E-state index contributed by atoms with van der Waals surface area (Å²) in [5.74, 6) is 0. The Balaban J connectivity index is 2.64. The fourth-order valence-corrected chi connectivity index (χ4v) is 1.84. The summed E-state index contributed by atoms with van der Waals surface area (Å²) >= 11 is 0. The van der Waals surface area contributed by atoms with Crippen LogP contribution in [0.4, 0.5) is 0 Å². The number of hydrogen-bond donors (Lipinski definition) is 2. The molecule has 2 heteroatoms. The van der Waals surface area contributed by atoms with Crippen molar-refractivity contribution in [1.29, 1.82) is 0 Å². The van der Waals surface area contributed by atoms with Crippen LogP contribution in [0.15, 0.2) is 24.3 Å². The molecule has 2 nitrogen and oxygen atoms in total. The molecule has 0 aliphatic heterocycles. The van der Waals surface area contributed by atoms with Crippen LogP contribution in [0.1, 0.15) is 24.2 Å². The van der Waals surface area contributed by atoms with Crippen LogP contribution >= 0.6 is 0 Å². The molecule has 0 spiro atoms. The first-order valence-electron chi connectivity index (χ1n) is 4.98. The van der Waals surface area contributed by atoms with E-state index in [-0.39, 0.29) is 0 Å². The minimum Gasteiger partial charge on any atom is -0.358 e. The normalized spacial score (nSPS) is 13.4. The highest BCUT2D eigenvalue weighted by molar-refractivity contribution is 5.83. The lowest BCUT2D eigenvalue weighted by atomic mass is 10.1. The topological polar surface area (TPSA) is 27.8 Å². The quantitative estimate of drug-likeness (QED) is 0.745. The highest BCUT2D eigenvalue weighted by atomic mass is 14.9. The van der Waals surface area contributed by atoms with Crippen molar-refractivity contribution < 1.29 is 0 Å².